The fourth-order valence-electron chi connectivity index (χ4n) is 4.08. The van der Waals surface area contributed by atoms with Gasteiger partial charge in [-0.25, -0.2) is 8.42 Å². The Balaban J connectivity index is 1.61. The molecule has 1 amide bonds. The lowest BCUT2D eigenvalue weighted by Crippen LogP contribution is -2.30. The van der Waals surface area contributed by atoms with Crippen LogP contribution in [0.3, 0.4) is 0 Å². The molecule has 1 aromatic heterocycles. The van der Waals surface area contributed by atoms with Gasteiger partial charge in [-0.15, -0.1) is 10.2 Å². The number of hydrogen-bond acceptors (Lipinski definition) is 6. The Morgan fingerprint density at radius 2 is 1.69 bits per heavy atom. The van der Waals surface area contributed by atoms with E-state index in [-0.39, 0.29) is 16.6 Å². The molecule has 0 aliphatic rings. The monoisotopic (exact) mass is 583 g/mol. The molecule has 4 rings (SSSR count). The minimum Gasteiger partial charge on any atom is -0.324 e. The highest BCUT2D eigenvalue weighted by molar-refractivity contribution is 7.99. The van der Waals surface area contributed by atoms with Crippen molar-refractivity contribution in [3.05, 3.63) is 89.4 Å². The van der Waals surface area contributed by atoms with E-state index in [4.69, 9.17) is 11.6 Å². The molecule has 0 radical (unpaired) electrons. The van der Waals surface area contributed by atoms with E-state index in [9.17, 15) is 13.2 Å². The molecule has 1 heterocycles. The molecule has 0 spiro atoms. The van der Waals surface area contributed by atoms with Crippen LogP contribution in [0.1, 0.15) is 19.4 Å². The van der Waals surface area contributed by atoms with Gasteiger partial charge in [0.1, 0.15) is 0 Å². The summed E-state index contributed by atoms with van der Waals surface area (Å²) in [4.78, 5) is 12.9. The van der Waals surface area contributed by atoms with Gasteiger partial charge in [0.25, 0.3) is 0 Å². The summed E-state index contributed by atoms with van der Waals surface area (Å²) in [6, 6.07) is 23.8. The number of amides is 1. The quantitative estimate of drug-likeness (QED) is 0.218. The number of aryl methyl sites for hydroxylation is 1. The first-order valence-electron chi connectivity index (χ1n) is 12.6. The number of aromatic nitrogens is 3. The summed E-state index contributed by atoms with van der Waals surface area (Å²) in [6.45, 7) is 4.95. The summed E-state index contributed by atoms with van der Waals surface area (Å²) in [5, 5.41) is 12.6. The van der Waals surface area contributed by atoms with Crippen LogP contribution in [0.15, 0.2) is 88.9 Å². The van der Waals surface area contributed by atoms with Crippen molar-refractivity contribution in [1.82, 2.24) is 19.1 Å². The fraction of sp³-hybridized carbons (Fsp3) is 0.250. The Bertz CT molecular complexity index is 1520. The Morgan fingerprint density at radius 1 is 0.974 bits per heavy atom. The van der Waals surface area contributed by atoms with Gasteiger partial charge in [0, 0.05) is 25.2 Å². The molecule has 0 unspecified atom stereocenters. The van der Waals surface area contributed by atoms with Gasteiger partial charge in [-0.3, -0.25) is 4.79 Å². The average Bonchev–Trinajstić information content (AvgIpc) is 3.36. The van der Waals surface area contributed by atoms with Crippen molar-refractivity contribution in [1.29, 1.82) is 0 Å². The second-order valence-corrected chi connectivity index (χ2v) is 11.9. The summed E-state index contributed by atoms with van der Waals surface area (Å²) < 4.78 is 29.7. The highest BCUT2D eigenvalue weighted by Gasteiger charge is 2.23. The zero-order valence-corrected chi connectivity index (χ0v) is 24.1. The van der Waals surface area contributed by atoms with Gasteiger partial charge < -0.3 is 9.88 Å². The normalized spacial score (nSPS) is 11.6. The van der Waals surface area contributed by atoms with Gasteiger partial charge in [-0.1, -0.05) is 91.8 Å². The van der Waals surface area contributed by atoms with Gasteiger partial charge >= 0.3 is 0 Å². The van der Waals surface area contributed by atoms with E-state index in [1.54, 1.807) is 42.5 Å². The van der Waals surface area contributed by atoms with Crippen molar-refractivity contribution < 1.29 is 13.2 Å². The molecule has 0 aliphatic carbocycles. The summed E-state index contributed by atoms with van der Waals surface area (Å²) in [5.74, 6) is 0.418. The van der Waals surface area contributed by atoms with E-state index in [0.29, 0.717) is 53.3 Å². The third kappa shape index (κ3) is 7.07. The van der Waals surface area contributed by atoms with Crippen molar-refractivity contribution in [3.63, 3.8) is 0 Å². The van der Waals surface area contributed by atoms with Crippen LogP contribution in [0.25, 0.3) is 11.4 Å². The predicted molar refractivity (Wildman–Crippen MR) is 157 cm³/mol. The van der Waals surface area contributed by atoms with Crippen molar-refractivity contribution >= 4 is 45.0 Å². The number of thioether (sulfide) groups is 1. The first-order valence-corrected chi connectivity index (χ1v) is 15.4. The predicted octanol–water partition coefficient (Wildman–Crippen LogP) is 5.60. The molecule has 11 heteroatoms. The van der Waals surface area contributed by atoms with Crippen LogP contribution in [-0.2, 0) is 27.8 Å². The first kappa shape index (κ1) is 28.8. The maximum absolute atomic E-state index is 13.2. The number of halogens is 1. The maximum Gasteiger partial charge on any atom is 0.243 e. The van der Waals surface area contributed by atoms with Gasteiger partial charge in [-0.2, -0.15) is 4.31 Å². The highest BCUT2D eigenvalue weighted by atomic mass is 35.5. The molecular weight excluding hydrogens is 554 g/mol. The van der Waals surface area contributed by atoms with Gasteiger partial charge in [0.05, 0.1) is 21.4 Å². The third-order valence-corrected chi connectivity index (χ3v) is 9.44. The van der Waals surface area contributed by atoms with E-state index in [0.717, 1.165) is 5.56 Å². The number of anilines is 1. The standard InChI is InChI=1S/C28H30ClN5O3S2/c1-3-33(4-2)39(36,37)23-14-10-13-22(19-23)27-31-32-28(34(27)18-17-21-11-6-5-7-12-21)38-20-26(35)30-25-16-9-8-15-24(25)29/h5-16,19H,3-4,17-18,20H2,1-2H3,(H,30,35). The summed E-state index contributed by atoms with van der Waals surface area (Å²) in [6.07, 6.45) is 0.711. The largest absolute Gasteiger partial charge is 0.324 e. The zero-order valence-electron chi connectivity index (χ0n) is 21.7. The van der Waals surface area contributed by atoms with E-state index in [1.807, 2.05) is 54.8 Å². The second-order valence-electron chi connectivity index (χ2n) is 8.63. The smallest absolute Gasteiger partial charge is 0.243 e. The molecule has 4 aromatic rings. The summed E-state index contributed by atoms with van der Waals surface area (Å²) >= 11 is 7.43. The minimum atomic E-state index is -3.64. The van der Waals surface area contributed by atoms with Crippen LogP contribution in [0.2, 0.25) is 5.02 Å². The van der Waals surface area contributed by atoms with Crippen molar-refractivity contribution in [2.45, 2.75) is 36.9 Å². The Morgan fingerprint density at radius 3 is 2.41 bits per heavy atom. The average molecular weight is 584 g/mol. The number of sulfonamides is 1. The van der Waals surface area contributed by atoms with Gasteiger partial charge in [-0.05, 0) is 36.2 Å². The Hall–Kier alpha value is -3.18. The fourth-order valence-corrected chi connectivity index (χ4v) is 6.54. The molecule has 0 saturated carbocycles. The van der Waals surface area contributed by atoms with Gasteiger partial charge in [0.15, 0.2) is 11.0 Å². The third-order valence-electron chi connectivity index (χ3n) is 6.10. The van der Waals surface area contributed by atoms with Crippen LogP contribution < -0.4 is 5.32 Å². The summed E-state index contributed by atoms with van der Waals surface area (Å²) in [5.41, 5.74) is 2.32. The molecule has 0 saturated heterocycles. The molecule has 3 aromatic carbocycles. The highest BCUT2D eigenvalue weighted by Crippen LogP contribution is 2.28. The topological polar surface area (TPSA) is 97.2 Å². The number of para-hydroxylation sites is 1. The molecular formula is C28H30ClN5O3S2. The molecule has 0 atom stereocenters. The number of hydrogen-bond donors (Lipinski definition) is 1. The number of carbonyl (C=O) groups excluding carboxylic acids is 1. The second kappa shape index (κ2) is 13.3. The molecule has 39 heavy (non-hydrogen) atoms. The summed E-state index contributed by atoms with van der Waals surface area (Å²) in [7, 11) is -3.64. The van der Waals surface area contributed by atoms with E-state index in [2.05, 4.69) is 15.5 Å². The van der Waals surface area contributed by atoms with Crippen LogP contribution in [-0.4, -0.2) is 52.2 Å². The number of nitrogens with one attached hydrogen (secondary N) is 1. The maximum atomic E-state index is 13.2. The Kier molecular flexibility index (Phi) is 9.79. The molecule has 204 valence electrons. The lowest BCUT2D eigenvalue weighted by molar-refractivity contribution is -0.113. The van der Waals surface area contributed by atoms with Crippen LogP contribution >= 0.6 is 23.4 Å². The number of benzene rings is 3. The first-order chi connectivity index (χ1) is 18.8. The van der Waals surface area contributed by atoms with Crippen molar-refractivity contribution in [3.8, 4) is 11.4 Å². The molecule has 0 bridgehead atoms. The SMILES string of the molecule is CCN(CC)S(=O)(=O)c1cccc(-c2nnc(SCC(=O)Nc3ccccc3Cl)n2CCc2ccccc2)c1. The van der Waals surface area contributed by atoms with Crippen LogP contribution in [0.5, 0.6) is 0 Å². The van der Waals surface area contributed by atoms with Crippen molar-refractivity contribution in [2.75, 3.05) is 24.2 Å². The molecule has 0 fully saturated rings. The van der Waals surface area contributed by atoms with E-state index < -0.39 is 10.0 Å². The van der Waals surface area contributed by atoms with Crippen LogP contribution in [0.4, 0.5) is 5.69 Å². The number of nitrogens with zero attached hydrogens (tertiary/aromatic N) is 4. The molecule has 1 N–H and O–H groups in total. The number of carbonyl (C=O) groups is 1. The lowest BCUT2D eigenvalue weighted by atomic mass is 10.1. The lowest BCUT2D eigenvalue weighted by Gasteiger charge is -2.19. The zero-order chi connectivity index (χ0) is 27.8. The van der Waals surface area contributed by atoms with Gasteiger partial charge in [0.2, 0.25) is 15.9 Å². The van der Waals surface area contributed by atoms with E-state index in [1.165, 1.54) is 16.1 Å². The van der Waals surface area contributed by atoms with E-state index >= 15 is 0 Å². The van der Waals surface area contributed by atoms with Crippen LogP contribution in [0, 0.1) is 0 Å². The minimum absolute atomic E-state index is 0.102. The molecule has 8 nitrogen and oxygen atoms in total. The Labute approximate surface area is 238 Å². The molecule has 0 aliphatic heterocycles. The number of rotatable bonds is 12. The van der Waals surface area contributed by atoms with Crippen molar-refractivity contribution in [2.24, 2.45) is 0 Å².